The van der Waals surface area contributed by atoms with Gasteiger partial charge in [0, 0.05) is 6.42 Å². The molecular formula is C66H113NO8. The van der Waals surface area contributed by atoms with E-state index in [4.69, 9.17) is 9.47 Å². The Balaban J connectivity index is 2.14. The first kappa shape index (κ1) is 69.9. The number of ether oxygens (including phenoxy) is 2. The summed E-state index contributed by atoms with van der Waals surface area (Å²) in [6.07, 6.45) is 73.1. The molecule has 1 saturated heterocycles. The van der Waals surface area contributed by atoms with Crippen molar-refractivity contribution >= 4 is 5.91 Å². The summed E-state index contributed by atoms with van der Waals surface area (Å²) < 4.78 is 11.3. The highest BCUT2D eigenvalue weighted by Crippen LogP contribution is 2.23. The second kappa shape index (κ2) is 54.2. The minimum atomic E-state index is -1.58. The van der Waals surface area contributed by atoms with Gasteiger partial charge in [-0.15, -0.1) is 0 Å². The average molecular weight is 1050 g/mol. The Hall–Kier alpha value is -3.15. The van der Waals surface area contributed by atoms with Crippen LogP contribution in [-0.2, 0) is 14.3 Å². The third-order valence-corrected chi connectivity index (χ3v) is 13.8. The van der Waals surface area contributed by atoms with Crippen LogP contribution in [0.25, 0.3) is 0 Å². The number of aliphatic hydroxyl groups excluding tert-OH is 5. The lowest BCUT2D eigenvalue weighted by Gasteiger charge is -2.40. The molecule has 430 valence electrons. The normalized spacial score (nSPS) is 19.7. The number of allylic oxidation sites excluding steroid dienone is 17. The summed E-state index contributed by atoms with van der Waals surface area (Å²) in [6, 6.07) is -0.827. The Bertz CT molecular complexity index is 1540. The molecule has 1 amide bonds. The zero-order valence-electron chi connectivity index (χ0n) is 47.8. The first-order valence-corrected chi connectivity index (χ1v) is 30.6. The number of rotatable bonds is 51. The van der Waals surface area contributed by atoms with E-state index in [0.29, 0.717) is 6.42 Å². The second-order valence-corrected chi connectivity index (χ2v) is 20.8. The van der Waals surface area contributed by atoms with Crippen molar-refractivity contribution in [2.45, 2.75) is 288 Å². The molecule has 1 fully saturated rings. The fourth-order valence-electron chi connectivity index (χ4n) is 9.04. The van der Waals surface area contributed by atoms with Gasteiger partial charge in [0.25, 0.3) is 0 Å². The standard InChI is InChI=1S/C66H113NO8/c1-3-5-7-9-11-13-15-17-19-20-21-22-23-24-25-26-27-28-29-30-31-32-33-34-35-36-37-38-39-40-42-44-46-48-50-52-54-56-62(70)67-59(58-74-66-65(73)64(72)63(71)61(57-68)75-66)60(69)55-53-51-49-47-45-43-41-18-16-14-12-10-8-6-4-2/h5,7,11,13,17,19,21-22,24-25,27-28,30-31,45,47,53,55,59-61,63-66,68-69,71-73H,3-4,6,8-10,12,14-16,18,20,23,26,29,32-44,46,48-52,54,56-58H2,1-2H3,(H,67,70)/b7-5-,13-11-,19-17-,22-21-,25-24-,28-27-,31-30-,47-45+,55-53+. The van der Waals surface area contributed by atoms with Crippen molar-refractivity contribution in [2.75, 3.05) is 13.2 Å². The first-order valence-electron chi connectivity index (χ1n) is 30.6. The molecule has 75 heavy (non-hydrogen) atoms. The maximum absolute atomic E-state index is 13.1. The molecule has 0 aromatic rings. The molecule has 7 unspecified atom stereocenters. The van der Waals surface area contributed by atoms with Gasteiger partial charge in [0.05, 0.1) is 25.4 Å². The van der Waals surface area contributed by atoms with Crippen LogP contribution in [0.2, 0.25) is 0 Å². The number of carbonyl (C=O) groups excluding carboxylic acids is 1. The van der Waals surface area contributed by atoms with Gasteiger partial charge in [-0.05, 0) is 89.9 Å². The minimum Gasteiger partial charge on any atom is -0.394 e. The third-order valence-electron chi connectivity index (χ3n) is 13.8. The highest BCUT2D eigenvalue weighted by Gasteiger charge is 2.44. The number of aliphatic hydroxyl groups is 5. The van der Waals surface area contributed by atoms with E-state index in [1.807, 2.05) is 6.08 Å². The van der Waals surface area contributed by atoms with E-state index in [1.54, 1.807) is 6.08 Å². The Morgan fingerprint density at radius 3 is 1.28 bits per heavy atom. The predicted molar refractivity (Wildman–Crippen MR) is 317 cm³/mol. The molecule has 0 aromatic carbocycles. The van der Waals surface area contributed by atoms with Crippen molar-refractivity contribution in [3.05, 3.63) is 109 Å². The highest BCUT2D eigenvalue weighted by molar-refractivity contribution is 5.76. The molecule has 0 aromatic heterocycles. The summed E-state index contributed by atoms with van der Waals surface area (Å²) in [6.45, 7) is 3.64. The Morgan fingerprint density at radius 2 is 0.840 bits per heavy atom. The average Bonchev–Trinajstić information content (AvgIpc) is 3.41. The zero-order chi connectivity index (χ0) is 54.3. The molecule has 1 rings (SSSR count). The van der Waals surface area contributed by atoms with E-state index in [0.717, 1.165) is 83.5 Å². The molecular weight excluding hydrogens is 935 g/mol. The lowest BCUT2D eigenvalue weighted by Crippen LogP contribution is -2.60. The van der Waals surface area contributed by atoms with Gasteiger partial charge in [0.2, 0.25) is 5.91 Å². The van der Waals surface area contributed by atoms with Crippen molar-refractivity contribution in [1.82, 2.24) is 5.32 Å². The molecule has 7 atom stereocenters. The number of carbonyl (C=O) groups is 1. The van der Waals surface area contributed by atoms with Gasteiger partial charge in [0.1, 0.15) is 24.4 Å². The smallest absolute Gasteiger partial charge is 0.220 e. The van der Waals surface area contributed by atoms with Gasteiger partial charge in [-0.25, -0.2) is 0 Å². The predicted octanol–water partition coefficient (Wildman–Crippen LogP) is 15.7. The quantitative estimate of drug-likeness (QED) is 0.0261. The van der Waals surface area contributed by atoms with Crippen molar-refractivity contribution in [3.63, 3.8) is 0 Å². The Morgan fingerprint density at radius 1 is 0.467 bits per heavy atom. The Kier molecular flexibility index (Phi) is 50.5. The Labute approximate surface area is 459 Å². The summed E-state index contributed by atoms with van der Waals surface area (Å²) >= 11 is 0. The summed E-state index contributed by atoms with van der Waals surface area (Å²) in [4.78, 5) is 13.1. The van der Waals surface area contributed by atoms with Crippen molar-refractivity contribution in [2.24, 2.45) is 0 Å². The zero-order valence-corrected chi connectivity index (χ0v) is 47.8. The third kappa shape index (κ3) is 43.5. The van der Waals surface area contributed by atoms with Crippen molar-refractivity contribution in [3.8, 4) is 0 Å². The lowest BCUT2D eigenvalue weighted by molar-refractivity contribution is -0.302. The molecule has 0 bridgehead atoms. The highest BCUT2D eigenvalue weighted by atomic mass is 16.7. The molecule has 0 spiro atoms. The maximum Gasteiger partial charge on any atom is 0.220 e. The van der Waals surface area contributed by atoms with Gasteiger partial charge < -0.3 is 40.3 Å². The molecule has 0 aliphatic carbocycles. The van der Waals surface area contributed by atoms with E-state index in [-0.39, 0.29) is 12.5 Å². The number of amides is 1. The summed E-state index contributed by atoms with van der Waals surface area (Å²) in [5.41, 5.74) is 0. The topological polar surface area (TPSA) is 149 Å². The van der Waals surface area contributed by atoms with Gasteiger partial charge in [-0.2, -0.15) is 0 Å². The molecule has 9 nitrogen and oxygen atoms in total. The number of hydrogen-bond donors (Lipinski definition) is 6. The van der Waals surface area contributed by atoms with Crippen LogP contribution in [0.15, 0.2) is 109 Å². The van der Waals surface area contributed by atoms with Crippen LogP contribution in [0, 0.1) is 0 Å². The molecule has 1 aliphatic heterocycles. The molecule has 1 heterocycles. The molecule has 6 N–H and O–H groups in total. The number of hydrogen-bond acceptors (Lipinski definition) is 8. The lowest BCUT2D eigenvalue weighted by atomic mass is 9.99. The maximum atomic E-state index is 13.1. The van der Waals surface area contributed by atoms with Gasteiger partial charge in [0.15, 0.2) is 6.29 Å². The van der Waals surface area contributed by atoms with Crippen LogP contribution in [0.4, 0.5) is 0 Å². The van der Waals surface area contributed by atoms with Crippen molar-refractivity contribution < 1.29 is 39.8 Å². The van der Waals surface area contributed by atoms with Crippen LogP contribution in [0.5, 0.6) is 0 Å². The summed E-state index contributed by atoms with van der Waals surface area (Å²) in [7, 11) is 0. The van der Waals surface area contributed by atoms with E-state index >= 15 is 0 Å². The van der Waals surface area contributed by atoms with Gasteiger partial charge in [-0.1, -0.05) is 258 Å². The number of nitrogens with one attached hydrogen (secondary N) is 1. The van der Waals surface area contributed by atoms with Crippen LogP contribution in [-0.4, -0.2) is 87.5 Å². The van der Waals surface area contributed by atoms with E-state index in [9.17, 15) is 30.3 Å². The van der Waals surface area contributed by atoms with Crippen LogP contribution in [0.3, 0.4) is 0 Å². The van der Waals surface area contributed by atoms with Gasteiger partial charge in [-0.3, -0.25) is 4.79 Å². The summed E-state index contributed by atoms with van der Waals surface area (Å²) in [5.74, 6) is -0.190. The molecule has 9 heteroatoms. The number of unbranched alkanes of at least 4 members (excludes halogenated alkanes) is 25. The van der Waals surface area contributed by atoms with Crippen LogP contribution >= 0.6 is 0 Å². The molecule has 0 saturated carbocycles. The summed E-state index contributed by atoms with van der Waals surface area (Å²) in [5, 5.41) is 54.5. The second-order valence-electron chi connectivity index (χ2n) is 20.8. The van der Waals surface area contributed by atoms with Crippen molar-refractivity contribution in [1.29, 1.82) is 0 Å². The monoisotopic (exact) mass is 1050 g/mol. The fraction of sp³-hybridized carbons (Fsp3) is 0.712. The first-order chi connectivity index (χ1) is 36.8. The fourth-order valence-corrected chi connectivity index (χ4v) is 9.04. The van der Waals surface area contributed by atoms with Gasteiger partial charge >= 0.3 is 0 Å². The van der Waals surface area contributed by atoms with Crippen LogP contribution in [0.1, 0.15) is 245 Å². The van der Waals surface area contributed by atoms with E-state index in [1.165, 1.54) is 141 Å². The molecule has 0 radical (unpaired) electrons. The van der Waals surface area contributed by atoms with E-state index < -0.39 is 49.5 Å². The van der Waals surface area contributed by atoms with E-state index in [2.05, 4.69) is 116 Å². The molecule has 1 aliphatic rings. The van der Waals surface area contributed by atoms with Crippen LogP contribution < -0.4 is 5.32 Å². The minimum absolute atomic E-state index is 0.190. The largest absolute Gasteiger partial charge is 0.394 e. The SMILES string of the molecule is CC/C=C\C/C=C\C/C=C\C/C=C\C/C=C\C/C=C\C/C=C\CCCCCCCCCCCCCCCCCC(=O)NC(COC1OC(CO)C(O)C(O)C1O)C(O)/C=C/CC/C=C/CCCCCCCCCCC.